The Bertz CT molecular complexity index is 297. The van der Waals surface area contributed by atoms with Crippen LogP contribution in [0.3, 0.4) is 0 Å². The van der Waals surface area contributed by atoms with Gasteiger partial charge in [-0.05, 0) is 26.2 Å². The van der Waals surface area contributed by atoms with Gasteiger partial charge in [-0.2, -0.15) is 4.31 Å². The van der Waals surface area contributed by atoms with Crippen LogP contribution >= 0.6 is 0 Å². The van der Waals surface area contributed by atoms with E-state index in [0.29, 0.717) is 25.4 Å². The molecule has 4 nitrogen and oxygen atoms in total. The number of hydrogen-bond acceptors (Lipinski definition) is 3. The van der Waals surface area contributed by atoms with Crippen molar-refractivity contribution in [3.8, 4) is 0 Å². The third kappa shape index (κ3) is 4.39. The Kier molecular flexibility index (Phi) is 5.93. The molecule has 0 spiro atoms. The first-order valence-corrected chi connectivity index (χ1v) is 7.49. The SMILES string of the molecule is CCN(C(C)(C)CN)S(=O)(=O)CCC(C)C. The second-order valence-corrected chi connectivity index (χ2v) is 7.19. The van der Waals surface area contributed by atoms with Gasteiger partial charge in [0.1, 0.15) is 0 Å². The first-order valence-electron chi connectivity index (χ1n) is 5.88. The van der Waals surface area contributed by atoms with Crippen LogP contribution in [0.2, 0.25) is 0 Å². The van der Waals surface area contributed by atoms with E-state index >= 15 is 0 Å². The van der Waals surface area contributed by atoms with Crippen molar-refractivity contribution in [1.29, 1.82) is 0 Å². The maximum absolute atomic E-state index is 12.1. The maximum Gasteiger partial charge on any atom is 0.214 e. The van der Waals surface area contributed by atoms with Crippen molar-refractivity contribution < 1.29 is 8.42 Å². The molecule has 0 aliphatic carbocycles. The molecule has 0 aliphatic rings. The summed E-state index contributed by atoms with van der Waals surface area (Å²) in [6.07, 6.45) is 0.694. The van der Waals surface area contributed by atoms with Crippen LogP contribution in [0.25, 0.3) is 0 Å². The lowest BCUT2D eigenvalue weighted by Crippen LogP contribution is -2.52. The molecule has 0 rings (SSSR count). The summed E-state index contributed by atoms with van der Waals surface area (Å²) in [5.41, 5.74) is 5.13. The fourth-order valence-corrected chi connectivity index (χ4v) is 3.81. The molecule has 0 amide bonds. The van der Waals surface area contributed by atoms with E-state index in [1.54, 1.807) is 0 Å². The smallest absolute Gasteiger partial charge is 0.214 e. The van der Waals surface area contributed by atoms with Crippen molar-refractivity contribution in [3.05, 3.63) is 0 Å². The van der Waals surface area contributed by atoms with Crippen molar-refractivity contribution in [2.45, 2.75) is 46.6 Å². The van der Waals surface area contributed by atoms with Crippen molar-refractivity contribution >= 4 is 10.0 Å². The van der Waals surface area contributed by atoms with Gasteiger partial charge in [0.05, 0.1) is 5.75 Å². The molecule has 0 atom stereocenters. The molecule has 0 saturated carbocycles. The van der Waals surface area contributed by atoms with Crippen molar-refractivity contribution in [1.82, 2.24) is 4.31 Å². The van der Waals surface area contributed by atoms with E-state index in [2.05, 4.69) is 0 Å². The third-order valence-corrected chi connectivity index (χ3v) is 4.93. The van der Waals surface area contributed by atoms with Gasteiger partial charge >= 0.3 is 0 Å². The van der Waals surface area contributed by atoms with Crippen molar-refractivity contribution in [2.24, 2.45) is 11.7 Å². The third-order valence-electron chi connectivity index (χ3n) is 2.75. The minimum Gasteiger partial charge on any atom is -0.329 e. The van der Waals surface area contributed by atoms with Gasteiger partial charge < -0.3 is 5.73 Å². The molecule has 0 aromatic heterocycles. The summed E-state index contributed by atoms with van der Waals surface area (Å²) in [5.74, 6) is 0.608. The van der Waals surface area contributed by atoms with Gasteiger partial charge in [0.2, 0.25) is 10.0 Å². The Morgan fingerprint density at radius 1 is 1.31 bits per heavy atom. The zero-order valence-electron chi connectivity index (χ0n) is 11.2. The van der Waals surface area contributed by atoms with Crippen LogP contribution in [0, 0.1) is 5.92 Å². The van der Waals surface area contributed by atoms with Crippen LogP contribution in [0.4, 0.5) is 0 Å². The number of sulfonamides is 1. The van der Waals surface area contributed by atoms with E-state index in [-0.39, 0.29) is 5.75 Å². The predicted octanol–water partition coefficient (Wildman–Crippen LogP) is 1.42. The normalized spacial score (nSPS) is 13.8. The minimum absolute atomic E-state index is 0.210. The summed E-state index contributed by atoms with van der Waals surface area (Å²) in [7, 11) is -3.18. The van der Waals surface area contributed by atoms with E-state index in [9.17, 15) is 8.42 Å². The summed E-state index contributed by atoms with van der Waals surface area (Å²) >= 11 is 0. The molecule has 0 saturated heterocycles. The number of nitrogens with zero attached hydrogens (tertiary/aromatic N) is 1. The van der Waals surface area contributed by atoms with Gasteiger partial charge in [0.25, 0.3) is 0 Å². The van der Waals surface area contributed by atoms with Crippen LogP contribution < -0.4 is 5.73 Å². The lowest BCUT2D eigenvalue weighted by Gasteiger charge is -2.36. The molecular weight excluding hydrogens is 224 g/mol. The highest BCUT2D eigenvalue weighted by molar-refractivity contribution is 7.89. The highest BCUT2D eigenvalue weighted by atomic mass is 32.2. The van der Waals surface area contributed by atoms with E-state index in [4.69, 9.17) is 5.73 Å². The molecule has 5 heteroatoms. The molecule has 0 aromatic rings. The standard InChI is InChI=1S/C11H26N2O2S/c1-6-13(11(4,5)9-12)16(14,15)8-7-10(2)3/h10H,6-9,12H2,1-5H3. The molecule has 16 heavy (non-hydrogen) atoms. The summed E-state index contributed by atoms with van der Waals surface area (Å²) in [6.45, 7) is 10.4. The highest BCUT2D eigenvalue weighted by Crippen LogP contribution is 2.19. The van der Waals surface area contributed by atoms with Gasteiger partial charge in [-0.25, -0.2) is 8.42 Å². The van der Waals surface area contributed by atoms with Crippen LogP contribution in [0.15, 0.2) is 0 Å². The largest absolute Gasteiger partial charge is 0.329 e. The molecule has 0 aromatic carbocycles. The second kappa shape index (κ2) is 5.98. The first kappa shape index (κ1) is 15.9. The lowest BCUT2D eigenvalue weighted by molar-refractivity contribution is 0.243. The Labute approximate surface area is 100 Å². The molecular formula is C11H26N2O2S. The molecule has 0 heterocycles. The maximum atomic E-state index is 12.1. The van der Waals surface area contributed by atoms with Crippen molar-refractivity contribution in [2.75, 3.05) is 18.8 Å². The molecule has 0 aliphatic heterocycles. The van der Waals surface area contributed by atoms with E-state index in [0.717, 1.165) is 0 Å². The average Bonchev–Trinajstić information content (AvgIpc) is 2.15. The Balaban J connectivity index is 4.82. The average molecular weight is 250 g/mol. The Morgan fingerprint density at radius 2 is 1.81 bits per heavy atom. The number of likely N-dealkylation sites (N-methyl/N-ethyl adjacent to an activating group) is 1. The van der Waals surface area contributed by atoms with Crippen LogP contribution in [0.1, 0.15) is 41.0 Å². The predicted molar refractivity (Wildman–Crippen MR) is 68.8 cm³/mol. The second-order valence-electron chi connectivity index (χ2n) is 5.18. The zero-order chi connectivity index (χ0) is 13.0. The van der Waals surface area contributed by atoms with E-state index in [1.165, 1.54) is 4.31 Å². The first-order chi connectivity index (χ1) is 7.17. The molecule has 0 bridgehead atoms. The van der Waals surface area contributed by atoms with Gasteiger partial charge in [0, 0.05) is 18.6 Å². The fraction of sp³-hybridized carbons (Fsp3) is 1.00. The fourth-order valence-electron chi connectivity index (χ4n) is 1.60. The summed E-state index contributed by atoms with van der Waals surface area (Å²) in [4.78, 5) is 0. The summed E-state index contributed by atoms with van der Waals surface area (Å²) in [6, 6.07) is 0. The molecule has 0 unspecified atom stereocenters. The molecule has 98 valence electrons. The van der Waals surface area contributed by atoms with Crippen LogP contribution in [-0.4, -0.2) is 37.1 Å². The van der Waals surface area contributed by atoms with Gasteiger partial charge in [-0.15, -0.1) is 0 Å². The molecule has 2 N–H and O–H groups in total. The van der Waals surface area contributed by atoms with Gasteiger partial charge in [-0.3, -0.25) is 0 Å². The monoisotopic (exact) mass is 250 g/mol. The molecule has 0 radical (unpaired) electrons. The van der Waals surface area contributed by atoms with Gasteiger partial charge in [-0.1, -0.05) is 20.8 Å². The van der Waals surface area contributed by atoms with E-state index < -0.39 is 15.6 Å². The number of rotatable bonds is 7. The zero-order valence-corrected chi connectivity index (χ0v) is 12.0. The quantitative estimate of drug-likeness (QED) is 0.743. The number of nitrogens with two attached hydrogens (primary N) is 1. The van der Waals surface area contributed by atoms with Crippen LogP contribution in [-0.2, 0) is 10.0 Å². The number of hydrogen-bond donors (Lipinski definition) is 1. The van der Waals surface area contributed by atoms with Crippen LogP contribution in [0.5, 0.6) is 0 Å². The van der Waals surface area contributed by atoms with Gasteiger partial charge in [0.15, 0.2) is 0 Å². The highest BCUT2D eigenvalue weighted by Gasteiger charge is 2.33. The Hall–Kier alpha value is -0.130. The van der Waals surface area contributed by atoms with Crippen molar-refractivity contribution in [3.63, 3.8) is 0 Å². The Morgan fingerprint density at radius 3 is 2.12 bits per heavy atom. The molecule has 0 fully saturated rings. The topological polar surface area (TPSA) is 63.4 Å². The summed E-state index contributed by atoms with van der Waals surface area (Å²) < 4.78 is 25.8. The minimum atomic E-state index is -3.18. The summed E-state index contributed by atoms with van der Waals surface area (Å²) in [5, 5.41) is 0. The lowest BCUT2D eigenvalue weighted by atomic mass is 10.1. The van der Waals surface area contributed by atoms with E-state index in [1.807, 2.05) is 34.6 Å².